The molecule has 0 aliphatic heterocycles. The summed E-state index contributed by atoms with van der Waals surface area (Å²) < 4.78 is 68.6. The number of hydrogen-bond donors (Lipinski definition) is 1. The van der Waals surface area contributed by atoms with Crippen molar-refractivity contribution in [2.75, 3.05) is 13.2 Å². The monoisotopic (exact) mass is 311 g/mol. The van der Waals surface area contributed by atoms with E-state index in [4.69, 9.17) is 4.74 Å². The van der Waals surface area contributed by atoms with Crippen LogP contribution in [0.15, 0.2) is 12.1 Å². The molecule has 0 aromatic heterocycles. The van der Waals surface area contributed by atoms with Crippen LogP contribution in [-0.2, 0) is 0 Å². The van der Waals surface area contributed by atoms with Gasteiger partial charge in [0.1, 0.15) is 11.6 Å². The van der Waals surface area contributed by atoms with E-state index in [2.05, 4.69) is 5.32 Å². The first-order valence-electron chi connectivity index (χ1n) is 6.51. The molecule has 0 amide bonds. The molecule has 0 bridgehead atoms. The van der Waals surface area contributed by atoms with Gasteiger partial charge in [-0.25, -0.2) is 13.2 Å². The lowest BCUT2D eigenvalue weighted by Gasteiger charge is -2.21. The zero-order valence-corrected chi connectivity index (χ0v) is 12.0. The lowest BCUT2D eigenvalue weighted by Crippen LogP contribution is -2.34. The van der Waals surface area contributed by atoms with Crippen molar-refractivity contribution >= 4 is 0 Å². The summed E-state index contributed by atoms with van der Waals surface area (Å²) in [6.07, 6.45) is -3.81. The van der Waals surface area contributed by atoms with Crippen LogP contribution in [0.5, 0.6) is 5.75 Å². The summed E-state index contributed by atoms with van der Waals surface area (Å²) in [6, 6.07) is 2.04. The molecule has 0 aliphatic carbocycles. The van der Waals surface area contributed by atoms with E-state index in [-0.39, 0.29) is 17.4 Å². The molecule has 7 heteroatoms. The molecule has 1 aromatic carbocycles. The van der Waals surface area contributed by atoms with E-state index < -0.39 is 24.8 Å². The van der Waals surface area contributed by atoms with E-state index >= 15 is 0 Å². The van der Waals surface area contributed by atoms with Crippen molar-refractivity contribution in [3.63, 3.8) is 0 Å². The van der Waals surface area contributed by atoms with Crippen molar-refractivity contribution in [2.24, 2.45) is 0 Å². The second kappa shape index (κ2) is 7.06. The maximum atomic E-state index is 13.6. The average molecular weight is 311 g/mol. The number of rotatable bonds is 7. The standard InChI is InChI=1S/C14H18F5NO/c1-4-20-9(3)10-6-11(15)8(2)5-12(10)21-7-14(18,19)13(16)17/h5-6,9,13,20H,4,7H2,1-3H3. The Morgan fingerprint density at radius 1 is 1.29 bits per heavy atom. The SMILES string of the molecule is CCNC(C)c1cc(F)c(C)cc1OCC(F)(F)C(F)F. The summed E-state index contributed by atoms with van der Waals surface area (Å²) in [6.45, 7) is 4.08. The van der Waals surface area contributed by atoms with Crippen molar-refractivity contribution in [1.82, 2.24) is 5.32 Å². The zero-order chi connectivity index (χ0) is 16.2. The fraction of sp³-hybridized carbons (Fsp3) is 0.571. The van der Waals surface area contributed by atoms with Crippen LogP contribution in [0.2, 0.25) is 0 Å². The Bertz CT molecular complexity index is 479. The molecule has 0 saturated heterocycles. The van der Waals surface area contributed by atoms with Crippen LogP contribution >= 0.6 is 0 Å². The summed E-state index contributed by atoms with van der Waals surface area (Å²) in [5.74, 6) is -4.79. The van der Waals surface area contributed by atoms with Crippen LogP contribution in [0.4, 0.5) is 22.0 Å². The van der Waals surface area contributed by atoms with Crippen LogP contribution in [0, 0.1) is 12.7 Å². The molecule has 120 valence electrons. The van der Waals surface area contributed by atoms with Gasteiger partial charge in [0.25, 0.3) is 0 Å². The summed E-state index contributed by atoms with van der Waals surface area (Å²) in [5.41, 5.74) is 0.503. The van der Waals surface area contributed by atoms with E-state index in [1.54, 1.807) is 6.92 Å². The van der Waals surface area contributed by atoms with E-state index in [0.29, 0.717) is 12.1 Å². The number of alkyl halides is 4. The predicted octanol–water partition coefficient (Wildman–Crippen LogP) is 4.08. The highest BCUT2D eigenvalue weighted by atomic mass is 19.3. The van der Waals surface area contributed by atoms with Crippen LogP contribution in [0.25, 0.3) is 0 Å². The third-order valence-corrected chi connectivity index (χ3v) is 3.01. The molecule has 2 nitrogen and oxygen atoms in total. The Labute approximate surface area is 120 Å². The van der Waals surface area contributed by atoms with E-state index in [1.807, 2.05) is 6.92 Å². The molecule has 1 rings (SSSR count). The van der Waals surface area contributed by atoms with Gasteiger partial charge in [0, 0.05) is 11.6 Å². The fourth-order valence-electron chi connectivity index (χ4n) is 1.79. The highest BCUT2D eigenvalue weighted by Gasteiger charge is 2.42. The average Bonchev–Trinajstić information content (AvgIpc) is 2.39. The van der Waals surface area contributed by atoms with Crippen LogP contribution < -0.4 is 10.1 Å². The van der Waals surface area contributed by atoms with Gasteiger partial charge in [-0.05, 0) is 38.1 Å². The minimum atomic E-state index is -4.25. The van der Waals surface area contributed by atoms with E-state index in [9.17, 15) is 22.0 Å². The maximum absolute atomic E-state index is 13.6. The third-order valence-electron chi connectivity index (χ3n) is 3.01. The molecular weight excluding hydrogens is 293 g/mol. The topological polar surface area (TPSA) is 21.3 Å². The first-order chi connectivity index (χ1) is 9.69. The molecule has 0 heterocycles. The molecule has 0 fully saturated rings. The molecule has 0 aliphatic rings. The number of halogens is 5. The Morgan fingerprint density at radius 3 is 2.43 bits per heavy atom. The van der Waals surface area contributed by atoms with Gasteiger partial charge in [-0.1, -0.05) is 6.92 Å². The highest BCUT2D eigenvalue weighted by Crippen LogP contribution is 2.31. The molecule has 0 saturated carbocycles. The number of nitrogens with one attached hydrogen (secondary N) is 1. The summed E-state index contributed by atoms with van der Waals surface area (Å²) >= 11 is 0. The van der Waals surface area contributed by atoms with Crippen LogP contribution in [-0.4, -0.2) is 25.5 Å². The van der Waals surface area contributed by atoms with Crippen LogP contribution in [0.1, 0.15) is 31.0 Å². The Morgan fingerprint density at radius 2 is 1.90 bits per heavy atom. The van der Waals surface area contributed by atoms with Crippen molar-refractivity contribution in [3.8, 4) is 5.75 Å². The lowest BCUT2D eigenvalue weighted by atomic mass is 10.0. The van der Waals surface area contributed by atoms with Gasteiger partial charge in [0.05, 0.1) is 0 Å². The van der Waals surface area contributed by atoms with Gasteiger partial charge < -0.3 is 10.1 Å². The smallest absolute Gasteiger partial charge is 0.340 e. The van der Waals surface area contributed by atoms with E-state index in [0.717, 1.165) is 0 Å². The van der Waals surface area contributed by atoms with Gasteiger partial charge in [-0.3, -0.25) is 0 Å². The largest absolute Gasteiger partial charge is 0.487 e. The molecule has 0 spiro atoms. The molecule has 1 atom stereocenters. The second-order valence-corrected chi connectivity index (χ2v) is 4.77. The normalized spacial score (nSPS) is 13.6. The molecular formula is C14H18F5NO. The second-order valence-electron chi connectivity index (χ2n) is 4.77. The van der Waals surface area contributed by atoms with Gasteiger partial charge in [-0.15, -0.1) is 0 Å². The lowest BCUT2D eigenvalue weighted by molar-refractivity contribution is -0.148. The maximum Gasteiger partial charge on any atom is 0.340 e. The molecule has 1 aromatic rings. The predicted molar refractivity (Wildman–Crippen MR) is 69.7 cm³/mol. The number of benzene rings is 1. The van der Waals surface area contributed by atoms with Gasteiger partial charge in [0.2, 0.25) is 0 Å². The van der Waals surface area contributed by atoms with Gasteiger partial charge >= 0.3 is 12.3 Å². The van der Waals surface area contributed by atoms with Crippen molar-refractivity contribution in [3.05, 3.63) is 29.1 Å². The number of ether oxygens (including phenoxy) is 1. The summed E-state index contributed by atoms with van der Waals surface area (Å²) in [4.78, 5) is 0. The zero-order valence-electron chi connectivity index (χ0n) is 12.0. The van der Waals surface area contributed by atoms with Gasteiger partial charge in [0.15, 0.2) is 6.61 Å². The number of aryl methyl sites for hydroxylation is 1. The summed E-state index contributed by atoms with van der Waals surface area (Å²) in [5, 5.41) is 2.99. The first kappa shape index (κ1) is 17.7. The van der Waals surface area contributed by atoms with Crippen molar-refractivity contribution < 1.29 is 26.7 Å². The Hall–Kier alpha value is -1.37. The quantitative estimate of drug-likeness (QED) is 0.766. The molecule has 21 heavy (non-hydrogen) atoms. The Kier molecular flexibility index (Phi) is 5.95. The molecule has 0 radical (unpaired) electrons. The fourth-order valence-corrected chi connectivity index (χ4v) is 1.79. The molecule has 1 unspecified atom stereocenters. The van der Waals surface area contributed by atoms with Crippen molar-refractivity contribution in [2.45, 2.75) is 39.2 Å². The van der Waals surface area contributed by atoms with E-state index in [1.165, 1.54) is 19.1 Å². The first-order valence-corrected chi connectivity index (χ1v) is 6.51. The van der Waals surface area contributed by atoms with Crippen molar-refractivity contribution in [1.29, 1.82) is 0 Å². The molecule has 1 N–H and O–H groups in total. The minimum Gasteiger partial charge on any atom is -0.487 e. The Balaban J connectivity index is 3.02. The van der Waals surface area contributed by atoms with Crippen LogP contribution in [0.3, 0.4) is 0 Å². The summed E-state index contributed by atoms with van der Waals surface area (Å²) in [7, 11) is 0. The number of hydrogen-bond acceptors (Lipinski definition) is 2. The highest BCUT2D eigenvalue weighted by molar-refractivity contribution is 5.40. The van der Waals surface area contributed by atoms with Gasteiger partial charge in [-0.2, -0.15) is 8.78 Å². The minimum absolute atomic E-state index is 0.0253. The third kappa shape index (κ3) is 4.56.